The molecule has 0 bridgehead atoms. The van der Waals surface area contributed by atoms with E-state index in [9.17, 15) is 5.11 Å². The van der Waals surface area contributed by atoms with Crippen molar-refractivity contribution in [3.8, 4) is 16.2 Å². The Morgan fingerprint density at radius 1 is 1.21 bits per heavy atom. The molecule has 0 aliphatic rings. The molecule has 0 atom stereocenters. The molecule has 3 heterocycles. The molecule has 0 spiro atoms. The molecule has 28 heavy (non-hydrogen) atoms. The molecular formula is C20H18N4O2S2. The topological polar surface area (TPSA) is 79.6 Å². The summed E-state index contributed by atoms with van der Waals surface area (Å²) in [6.45, 7) is 2.40. The van der Waals surface area contributed by atoms with Crippen molar-refractivity contribution in [3.05, 3.63) is 58.5 Å². The average Bonchev–Trinajstić information content (AvgIpc) is 3.36. The maximum absolute atomic E-state index is 10.0. The third kappa shape index (κ3) is 3.62. The van der Waals surface area contributed by atoms with E-state index in [0.717, 1.165) is 36.8 Å². The number of hydrogen-bond donors (Lipinski definition) is 2. The maximum Gasteiger partial charge on any atom is 0.167 e. The molecule has 3 aromatic heterocycles. The lowest BCUT2D eigenvalue weighted by atomic mass is 10.1. The number of aromatic nitrogens is 2. The Labute approximate surface area is 170 Å². The number of aliphatic hydroxyl groups is 1. The van der Waals surface area contributed by atoms with Gasteiger partial charge in [-0.05, 0) is 30.5 Å². The fourth-order valence-corrected chi connectivity index (χ4v) is 4.68. The van der Waals surface area contributed by atoms with Gasteiger partial charge in [-0.15, -0.1) is 22.7 Å². The molecule has 8 heteroatoms. The van der Waals surface area contributed by atoms with E-state index >= 15 is 0 Å². The molecule has 4 rings (SSSR count). The summed E-state index contributed by atoms with van der Waals surface area (Å²) in [5.41, 5.74) is 5.42. The number of hydrazone groups is 1. The smallest absolute Gasteiger partial charge is 0.167 e. The van der Waals surface area contributed by atoms with Gasteiger partial charge >= 0.3 is 0 Å². The van der Waals surface area contributed by atoms with Crippen LogP contribution in [0.1, 0.15) is 17.4 Å². The molecule has 4 aromatic rings. The quantitative estimate of drug-likeness (QED) is 0.339. The van der Waals surface area contributed by atoms with Crippen LogP contribution in [-0.2, 0) is 6.61 Å². The molecule has 0 aliphatic carbocycles. The summed E-state index contributed by atoms with van der Waals surface area (Å²) < 4.78 is 6.62. The van der Waals surface area contributed by atoms with Crippen LogP contribution in [0.2, 0.25) is 0 Å². The first-order valence-electron chi connectivity index (χ1n) is 8.73. The van der Waals surface area contributed by atoms with Gasteiger partial charge < -0.3 is 9.84 Å². The Kier molecular flexibility index (Phi) is 5.61. The molecule has 0 unspecified atom stereocenters. The molecule has 0 fully saturated rings. The number of aliphatic hydroxyl groups excluding tert-OH is 1. The third-order valence-corrected chi connectivity index (χ3v) is 6.13. The van der Waals surface area contributed by atoms with Crippen LogP contribution in [-0.4, -0.2) is 27.9 Å². The van der Waals surface area contributed by atoms with E-state index in [1.165, 1.54) is 17.7 Å². The molecule has 1 aromatic carbocycles. The van der Waals surface area contributed by atoms with Crippen molar-refractivity contribution in [1.82, 2.24) is 9.97 Å². The van der Waals surface area contributed by atoms with E-state index < -0.39 is 0 Å². The number of para-hydroxylation sites is 1. The van der Waals surface area contributed by atoms with Crippen molar-refractivity contribution in [3.63, 3.8) is 0 Å². The van der Waals surface area contributed by atoms with Gasteiger partial charge in [-0.1, -0.05) is 18.2 Å². The zero-order valence-corrected chi connectivity index (χ0v) is 16.8. The second kappa shape index (κ2) is 8.47. The number of benzene rings is 1. The Morgan fingerprint density at radius 2 is 2.11 bits per heavy atom. The molecule has 0 amide bonds. The summed E-state index contributed by atoms with van der Waals surface area (Å²) in [5, 5.41) is 16.3. The van der Waals surface area contributed by atoms with E-state index in [1.54, 1.807) is 17.6 Å². The number of anilines is 1. The number of fused-ring (bicyclic) bond motifs is 1. The minimum absolute atomic E-state index is 0.120. The average molecular weight is 411 g/mol. The number of thiophene rings is 2. The standard InChI is InChI=1S/C20H18N4O2S2/c1-2-26-16-8-4-3-7-14(16)18-15(11-25)17-19(28-18)20(22-12-21-17)24-23-10-13-6-5-9-27-13/h3-10,12,25H,2,11H2,1H3,(H,21,22,24). The SMILES string of the molecule is CCOc1ccccc1-c1sc2c(NN=Cc3cccs3)ncnc2c1CO. The number of ether oxygens (including phenoxy) is 1. The highest BCUT2D eigenvalue weighted by atomic mass is 32.1. The van der Waals surface area contributed by atoms with Crippen LogP contribution in [0, 0.1) is 0 Å². The monoisotopic (exact) mass is 410 g/mol. The first-order valence-corrected chi connectivity index (χ1v) is 10.4. The second-order valence-electron chi connectivity index (χ2n) is 5.78. The van der Waals surface area contributed by atoms with Gasteiger partial charge in [0.15, 0.2) is 5.82 Å². The highest BCUT2D eigenvalue weighted by molar-refractivity contribution is 7.23. The van der Waals surface area contributed by atoms with E-state index in [4.69, 9.17) is 4.74 Å². The molecule has 0 saturated heterocycles. The fourth-order valence-electron chi connectivity index (χ4n) is 2.86. The van der Waals surface area contributed by atoms with Crippen LogP contribution >= 0.6 is 22.7 Å². The third-order valence-electron chi connectivity index (χ3n) is 4.06. The Morgan fingerprint density at radius 3 is 2.89 bits per heavy atom. The number of hydrogen-bond acceptors (Lipinski definition) is 8. The number of rotatable bonds is 7. The van der Waals surface area contributed by atoms with Crippen molar-refractivity contribution in [2.24, 2.45) is 5.10 Å². The van der Waals surface area contributed by atoms with Crippen LogP contribution in [0.5, 0.6) is 5.75 Å². The van der Waals surface area contributed by atoms with Crippen LogP contribution < -0.4 is 10.2 Å². The minimum atomic E-state index is -0.120. The molecular weight excluding hydrogens is 392 g/mol. The highest BCUT2D eigenvalue weighted by Gasteiger charge is 2.19. The fraction of sp³-hybridized carbons (Fsp3) is 0.150. The van der Waals surface area contributed by atoms with Gasteiger partial charge in [0, 0.05) is 20.9 Å². The van der Waals surface area contributed by atoms with Crippen molar-refractivity contribution in [2.45, 2.75) is 13.5 Å². The predicted octanol–water partition coefficient (Wildman–Crippen LogP) is 4.76. The van der Waals surface area contributed by atoms with Crippen LogP contribution in [0.15, 0.2) is 53.2 Å². The van der Waals surface area contributed by atoms with Crippen LogP contribution in [0.25, 0.3) is 20.7 Å². The van der Waals surface area contributed by atoms with E-state index in [-0.39, 0.29) is 6.61 Å². The zero-order chi connectivity index (χ0) is 19.3. The second-order valence-corrected chi connectivity index (χ2v) is 7.78. The Balaban J connectivity index is 1.77. The van der Waals surface area contributed by atoms with Crippen LogP contribution in [0.3, 0.4) is 0 Å². The highest BCUT2D eigenvalue weighted by Crippen LogP contribution is 2.43. The normalized spacial score (nSPS) is 11.4. The molecule has 0 aliphatic heterocycles. The maximum atomic E-state index is 10.0. The zero-order valence-electron chi connectivity index (χ0n) is 15.1. The van der Waals surface area contributed by atoms with Crippen molar-refractivity contribution >= 4 is 44.9 Å². The summed E-state index contributed by atoms with van der Waals surface area (Å²) >= 11 is 3.13. The summed E-state index contributed by atoms with van der Waals surface area (Å²) in [6.07, 6.45) is 3.24. The van der Waals surface area contributed by atoms with Gasteiger partial charge in [0.05, 0.1) is 29.6 Å². The van der Waals surface area contributed by atoms with Crippen molar-refractivity contribution in [2.75, 3.05) is 12.0 Å². The number of nitrogens with one attached hydrogen (secondary N) is 1. The summed E-state index contributed by atoms with van der Waals surface area (Å²) in [7, 11) is 0. The van der Waals surface area contributed by atoms with E-state index in [0.29, 0.717) is 12.4 Å². The van der Waals surface area contributed by atoms with E-state index in [1.807, 2.05) is 48.7 Å². The van der Waals surface area contributed by atoms with Gasteiger partial charge in [-0.2, -0.15) is 5.10 Å². The Hall–Kier alpha value is -2.81. The first kappa shape index (κ1) is 18.5. The lowest BCUT2D eigenvalue weighted by molar-refractivity contribution is 0.284. The molecule has 2 N–H and O–H groups in total. The van der Waals surface area contributed by atoms with Gasteiger partial charge in [0.1, 0.15) is 12.1 Å². The van der Waals surface area contributed by atoms with E-state index in [2.05, 4.69) is 20.5 Å². The summed E-state index contributed by atoms with van der Waals surface area (Å²) in [4.78, 5) is 10.7. The molecule has 0 saturated carbocycles. The molecule has 6 nitrogen and oxygen atoms in total. The van der Waals surface area contributed by atoms with Gasteiger partial charge in [-0.3, -0.25) is 5.43 Å². The molecule has 0 radical (unpaired) electrons. The predicted molar refractivity (Wildman–Crippen MR) is 115 cm³/mol. The summed E-state index contributed by atoms with van der Waals surface area (Å²) in [6, 6.07) is 11.8. The van der Waals surface area contributed by atoms with Gasteiger partial charge in [-0.25, -0.2) is 9.97 Å². The lowest BCUT2D eigenvalue weighted by Crippen LogP contribution is -1.95. The summed E-state index contributed by atoms with van der Waals surface area (Å²) in [5.74, 6) is 1.39. The first-order chi connectivity index (χ1) is 13.8. The lowest BCUT2D eigenvalue weighted by Gasteiger charge is -2.09. The van der Waals surface area contributed by atoms with Crippen molar-refractivity contribution < 1.29 is 9.84 Å². The van der Waals surface area contributed by atoms with Crippen LogP contribution in [0.4, 0.5) is 5.82 Å². The van der Waals surface area contributed by atoms with Gasteiger partial charge in [0.2, 0.25) is 0 Å². The van der Waals surface area contributed by atoms with Crippen molar-refractivity contribution in [1.29, 1.82) is 0 Å². The number of nitrogens with zero attached hydrogens (tertiary/aromatic N) is 3. The minimum Gasteiger partial charge on any atom is -0.493 e. The van der Waals surface area contributed by atoms with Gasteiger partial charge in [0.25, 0.3) is 0 Å². The largest absolute Gasteiger partial charge is 0.493 e. The molecule has 142 valence electrons. The Bertz CT molecular complexity index is 1110.